The highest BCUT2D eigenvalue weighted by Gasteiger charge is 2.76. The second kappa shape index (κ2) is 8.86. The highest BCUT2D eigenvalue weighted by atomic mass is 32.2. The van der Waals surface area contributed by atoms with Crippen molar-refractivity contribution >= 4 is 29.5 Å². The second-order valence-electron chi connectivity index (χ2n) is 10.2. The number of β-amino-alcohol motifs (C(OH)–C–C–N with tert-alkyl or cyclic N) is 1. The van der Waals surface area contributed by atoms with Crippen LogP contribution in [-0.4, -0.2) is 92.4 Å². The summed E-state index contributed by atoms with van der Waals surface area (Å²) in [5.41, 5.74) is -0.460. The van der Waals surface area contributed by atoms with Gasteiger partial charge in [-0.1, -0.05) is 19.1 Å². The lowest BCUT2D eigenvalue weighted by Gasteiger charge is -2.44. The third-order valence-corrected chi connectivity index (χ3v) is 9.35. The molecule has 3 amide bonds. The average Bonchev–Trinajstić information content (AvgIpc) is 3.29. The summed E-state index contributed by atoms with van der Waals surface area (Å²) in [6.07, 6.45) is 4.17. The summed E-state index contributed by atoms with van der Waals surface area (Å²) in [4.78, 5) is 46.2. The van der Waals surface area contributed by atoms with E-state index in [1.807, 2.05) is 20.8 Å². The summed E-state index contributed by atoms with van der Waals surface area (Å²) in [5.74, 6) is -1.30. The van der Waals surface area contributed by atoms with Crippen molar-refractivity contribution in [2.75, 3.05) is 33.3 Å². The second-order valence-corrected chi connectivity index (χ2v) is 11.8. The predicted octanol–water partition coefficient (Wildman–Crippen LogP) is 1.77. The van der Waals surface area contributed by atoms with Crippen LogP contribution in [0.4, 0.5) is 0 Å². The summed E-state index contributed by atoms with van der Waals surface area (Å²) in [7, 11) is 1.73. The van der Waals surface area contributed by atoms with Gasteiger partial charge in [0.1, 0.15) is 6.04 Å². The Bertz CT molecular complexity index is 810. The summed E-state index contributed by atoms with van der Waals surface area (Å²) in [5, 5.41) is 9.75. The fourth-order valence-corrected chi connectivity index (χ4v) is 8.35. The molecule has 3 rings (SSSR count). The molecule has 6 atom stereocenters. The van der Waals surface area contributed by atoms with E-state index in [-0.39, 0.29) is 42.0 Å². The van der Waals surface area contributed by atoms with Gasteiger partial charge in [0.25, 0.3) is 0 Å². The van der Waals surface area contributed by atoms with E-state index in [1.165, 1.54) is 0 Å². The number of thioether (sulfide) groups is 1. The maximum Gasteiger partial charge on any atom is 0.247 e. The number of amides is 3. The van der Waals surface area contributed by atoms with Crippen LogP contribution >= 0.6 is 11.8 Å². The number of aliphatic hydroxyl groups is 1. The van der Waals surface area contributed by atoms with Crippen LogP contribution in [0.2, 0.25) is 0 Å². The van der Waals surface area contributed by atoms with Gasteiger partial charge in [-0.15, -0.1) is 24.9 Å². The highest BCUT2D eigenvalue weighted by molar-refractivity contribution is 8.02. The Hall–Kier alpha value is -1.80. The molecule has 2 bridgehead atoms. The maximum atomic E-state index is 14.1. The Labute approximate surface area is 195 Å². The van der Waals surface area contributed by atoms with E-state index in [2.05, 4.69) is 20.1 Å². The zero-order chi connectivity index (χ0) is 24.0. The van der Waals surface area contributed by atoms with Crippen molar-refractivity contribution in [1.82, 2.24) is 14.7 Å². The molecule has 3 heterocycles. The standard InChI is InChI=1S/C24H37N3O4S/c1-8-10-25(7)20(29)17-16-14-15(3)24(32-16)18(17)21(30)26(12-13-28)19(24)22(31)27(11-9-2)23(4,5)6/h8-9,15-19,28H,1-2,10-14H2,3-7H3/t15?,16-,17+,18-,19?,24?/m0/s1. The molecule has 0 saturated carbocycles. The number of hydrogen-bond donors (Lipinski definition) is 1. The van der Waals surface area contributed by atoms with Crippen molar-refractivity contribution in [3.8, 4) is 0 Å². The van der Waals surface area contributed by atoms with Crippen LogP contribution < -0.4 is 0 Å². The normalized spacial score (nSPS) is 33.2. The molecular weight excluding hydrogens is 426 g/mol. The Kier molecular flexibility index (Phi) is 6.87. The number of likely N-dealkylation sites (N-methyl/N-ethyl adjacent to an activating group) is 1. The third-order valence-electron chi connectivity index (χ3n) is 7.27. The molecule has 3 saturated heterocycles. The number of carbonyl (C=O) groups excluding carboxylic acids is 3. The summed E-state index contributed by atoms with van der Waals surface area (Å²) < 4.78 is -0.673. The van der Waals surface area contributed by atoms with Gasteiger partial charge in [-0.3, -0.25) is 14.4 Å². The number of likely N-dealkylation sites (tertiary alicyclic amines) is 1. The Balaban J connectivity index is 2.10. The quantitative estimate of drug-likeness (QED) is 0.555. The van der Waals surface area contributed by atoms with Gasteiger partial charge < -0.3 is 19.8 Å². The number of nitrogens with zero attached hydrogens (tertiary/aromatic N) is 3. The Morgan fingerprint density at radius 3 is 2.41 bits per heavy atom. The zero-order valence-electron chi connectivity index (χ0n) is 19.9. The molecule has 1 spiro atoms. The third kappa shape index (κ3) is 3.59. The smallest absolute Gasteiger partial charge is 0.247 e. The first kappa shape index (κ1) is 24.8. The van der Waals surface area contributed by atoms with Crippen LogP contribution in [0, 0.1) is 17.8 Å². The van der Waals surface area contributed by atoms with Gasteiger partial charge in [-0.25, -0.2) is 0 Å². The van der Waals surface area contributed by atoms with Crippen molar-refractivity contribution in [1.29, 1.82) is 0 Å². The van der Waals surface area contributed by atoms with E-state index in [1.54, 1.807) is 45.7 Å². The fourth-order valence-electron chi connectivity index (χ4n) is 5.94. The molecule has 7 nitrogen and oxygen atoms in total. The predicted molar refractivity (Wildman–Crippen MR) is 127 cm³/mol. The number of fused-ring (bicyclic) bond motifs is 1. The van der Waals surface area contributed by atoms with Gasteiger partial charge in [0.2, 0.25) is 17.7 Å². The molecule has 3 unspecified atom stereocenters. The van der Waals surface area contributed by atoms with Crippen molar-refractivity contribution in [3.63, 3.8) is 0 Å². The minimum Gasteiger partial charge on any atom is -0.395 e. The van der Waals surface area contributed by atoms with E-state index in [0.717, 1.165) is 6.42 Å². The molecule has 178 valence electrons. The van der Waals surface area contributed by atoms with E-state index in [9.17, 15) is 19.5 Å². The molecule has 0 aliphatic carbocycles. The minimum atomic E-state index is -0.709. The zero-order valence-corrected chi connectivity index (χ0v) is 20.7. The number of rotatable bonds is 8. The molecule has 0 aromatic heterocycles. The molecule has 0 aromatic rings. The molecule has 3 fully saturated rings. The van der Waals surface area contributed by atoms with Crippen molar-refractivity contribution in [2.24, 2.45) is 17.8 Å². The number of aliphatic hydroxyl groups excluding tert-OH is 1. The fraction of sp³-hybridized carbons (Fsp3) is 0.708. The summed E-state index contributed by atoms with van der Waals surface area (Å²) in [6.45, 7) is 16.2. The first-order chi connectivity index (χ1) is 15.0. The molecule has 8 heteroatoms. The lowest BCUT2D eigenvalue weighted by atomic mass is 9.65. The molecule has 0 radical (unpaired) electrons. The van der Waals surface area contributed by atoms with Crippen LogP contribution in [-0.2, 0) is 14.4 Å². The van der Waals surface area contributed by atoms with E-state index in [0.29, 0.717) is 13.1 Å². The largest absolute Gasteiger partial charge is 0.395 e. The van der Waals surface area contributed by atoms with Crippen molar-refractivity contribution < 1.29 is 19.5 Å². The van der Waals surface area contributed by atoms with Gasteiger partial charge in [-0.05, 0) is 33.1 Å². The summed E-state index contributed by atoms with van der Waals surface area (Å²) >= 11 is 1.65. The summed E-state index contributed by atoms with van der Waals surface area (Å²) in [6, 6.07) is -0.709. The molecule has 0 aromatic carbocycles. The van der Waals surface area contributed by atoms with Gasteiger partial charge in [0.15, 0.2) is 0 Å². The minimum absolute atomic E-state index is 0.00721. The van der Waals surface area contributed by atoms with Gasteiger partial charge >= 0.3 is 0 Å². The Morgan fingerprint density at radius 1 is 1.25 bits per heavy atom. The SMILES string of the molecule is C=CCN(C)C(=O)[C@@H]1[C@@H]2CC(C)C3(S2)C(C(=O)N(CC=C)C(C)(C)C)N(CCO)C(=O)[C@H]13. The highest BCUT2D eigenvalue weighted by Crippen LogP contribution is 2.68. The van der Waals surface area contributed by atoms with Crippen molar-refractivity contribution in [2.45, 2.75) is 55.7 Å². The molecule has 1 N–H and O–H groups in total. The Morgan fingerprint density at radius 2 is 1.88 bits per heavy atom. The van der Waals surface area contributed by atoms with Gasteiger partial charge in [0, 0.05) is 37.5 Å². The number of carbonyl (C=O) groups is 3. The van der Waals surface area contributed by atoms with E-state index in [4.69, 9.17) is 0 Å². The van der Waals surface area contributed by atoms with Crippen LogP contribution in [0.15, 0.2) is 25.3 Å². The first-order valence-corrected chi connectivity index (χ1v) is 12.2. The average molecular weight is 464 g/mol. The first-order valence-electron chi connectivity index (χ1n) is 11.3. The van der Waals surface area contributed by atoms with Crippen LogP contribution in [0.3, 0.4) is 0 Å². The maximum absolute atomic E-state index is 14.1. The van der Waals surface area contributed by atoms with E-state index < -0.39 is 28.2 Å². The van der Waals surface area contributed by atoms with Crippen LogP contribution in [0.5, 0.6) is 0 Å². The molecule has 3 aliphatic heterocycles. The monoisotopic (exact) mass is 463 g/mol. The lowest BCUT2D eigenvalue weighted by Crippen LogP contribution is -2.60. The van der Waals surface area contributed by atoms with E-state index >= 15 is 0 Å². The van der Waals surface area contributed by atoms with Gasteiger partial charge in [0.05, 0.1) is 23.2 Å². The van der Waals surface area contributed by atoms with Crippen LogP contribution in [0.1, 0.15) is 34.1 Å². The molecular formula is C24H37N3O4S. The van der Waals surface area contributed by atoms with Gasteiger partial charge in [-0.2, -0.15) is 0 Å². The number of hydrogen-bond acceptors (Lipinski definition) is 5. The lowest BCUT2D eigenvalue weighted by molar-refractivity contribution is -0.146. The topological polar surface area (TPSA) is 81.2 Å². The van der Waals surface area contributed by atoms with Crippen molar-refractivity contribution in [3.05, 3.63) is 25.3 Å². The van der Waals surface area contributed by atoms with Crippen LogP contribution in [0.25, 0.3) is 0 Å². The molecule has 3 aliphatic rings. The molecule has 32 heavy (non-hydrogen) atoms.